The van der Waals surface area contributed by atoms with E-state index in [0.717, 1.165) is 0 Å². The van der Waals surface area contributed by atoms with Gasteiger partial charge in [0.15, 0.2) is 0 Å². The summed E-state index contributed by atoms with van der Waals surface area (Å²) < 4.78 is 0. The van der Waals surface area contributed by atoms with Crippen LogP contribution in [0.3, 0.4) is 0 Å². The van der Waals surface area contributed by atoms with Gasteiger partial charge in [-0.25, -0.2) is 0 Å². The molecule has 2 heteroatoms. The molecule has 0 aliphatic rings. The van der Waals surface area contributed by atoms with Crippen LogP contribution in [0.15, 0.2) is 24.3 Å². The summed E-state index contributed by atoms with van der Waals surface area (Å²) >= 11 is 0. The van der Waals surface area contributed by atoms with Gasteiger partial charge in [-0.05, 0) is 19.1 Å². The predicted molar refractivity (Wildman–Crippen MR) is 44.5 cm³/mol. The van der Waals surface area contributed by atoms with Crippen LogP contribution < -0.4 is 0 Å². The van der Waals surface area contributed by atoms with Gasteiger partial charge in [0.05, 0.1) is 5.56 Å². The van der Waals surface area contributed by atoms with Gasteiger partial charge >= 0.3 is 0 Å². The molecule has 0 aliphatic heterocycles. The van der Waals surface area contributed by atoms with E-state index in [-0.39, 0.29) is 11.5 Å². The van der Waals surface area contributed by atoms with Crippen molar-refractivity contribution in [2.24, 2.45) is 0 Å². The van der Waals surface area contributed by atoms with E-state index in [1.807, 2.05) is 6.92 Å². The molecule has 0 saturated carbocycles. The zero-order chi connectivity index (χ0) is 8.27. The minimum Gasteiger partial charge on any atom is -0.507 e. The first-order chi connectivity index (χ1) is 5.25. The van der Waals surface area contributed by atoms with Crippen LogP contribution in [0.4, 0.5) is 0 Å². The molecule has 0 spiro atoms. The Morgan fingerprint density at radius 2 is 1.73 bits per heavy atom. The van der Waals surface area contributed by atoms with Crippen molar-refractivity contribution in [3.63, 3.8) is 0 Å². The molecule has 1 aromatic carbocycles. The summed E-state index contributed by atoms with van der Waals surface area (Å²) in [6.07, 6.45) is 3.42. The zero-order valence-corrected chi connectivity index (χ0v) is 6.28. The molecule has 0 aliphatic carbocycles. The van der Waals surface area contributed by atoms with Gasteiger partial charge in [-0.15, -0.1) is 0 Å². The van der Waals surface area contributed by atoms with E-state index in [1.165, 1.54) is 12.1 Å². The van der Waals surface area contributed by atoms with E-state index in [4.69, 9.17) is 0 Å². The normalized spacial score (nSPS) is 10.6. The maximum absolute atomic E-state index is 9.21. The largest absolute Gasteiger partial charge is 0.507 e. The fraction of sp³-hybridized carbons (Fsp3) is 0.111. The number of hydrogen-bond acceptors (Lipinski definition) is 2. The van der Waals surface area contributed by atoms with Crippen molar-refractivity contribution in [2.75, 3.05) is 0 Å². The lowest BCUT2D eigenvalue weighted by Gasteiger charge is -2.00. The molecule has 2 N–H and O–H groups in total. The molecule has 11 heavy (non-hydrogen) atoms. The molecule has 1 rings (SSSR count). The van der Waals surface area contributed by atoms with Crippen molar-refractivity contribution < 1.29 is 10.2 Å². The predicted octanol–water partition coefficient (Wildman–Crippen LogP) is 2.13. The average Bonchev–Trinajstić information content (AvgIpc) is 1.97. The first-order valence-electron chi connectivity index (χ1n) is 3.39. The molecule has 0 amide bonds. The Labute approximate surface area is 65.4 Å². The first-order valence-corrected chi connectivity index (χ1v) is 3.39. The second-order valence-electron chi connectivity index (χ2n) is 2.21. The van der Waals surface area contributed by atoms with E-state index in [1.54, 1.807) is 18.2 Å². The summed E-state index contributed by atoms with van der Waals surface area (Å²) in [6, 6.07) is 4.67. The van der Waals surface area contributed by atoms with Crippen molar-refractivity contribution in [3.8, 4) is 11.5 Å². The number of aromatic hydroxyl groups is 2. The van der Waals surface area contributed by atoms with Gasteiger partial charge in [0, 0.05) is 0 Å². The van der Waals surface area contributed by atoms with Crippen LogP contribution in [0, 0.1) is 0 Å². The van der Waals surface area contributed by atoms with Crippen LogP contribution in [-0.4, -0.2) is 10.2 Å². The topological polar surface area (TPSA) is 40.5 Å². The third-order valence-electron chi connectivity index (χ3n) is 1.39. The molecule has 0 aromatic heterocycles. The third-order valence-corrected chi connectivity index (χ3v) is 1.39. The Morgan fingerprint density at radius 1 is 1.18 bits per heavy atom. The molecule has 58 valence electrons. The Bertz CT molecular complexity index is 257. The van der Waals surface area contributed by atoms with Gasteiger partial charge in [-0.3, -0.25) is 0 Å². The molecule has 0 atom stereocenters. The summed E-state index contributed by atoms with van der Waals surface area (Å²) in [5.41, 5.74) is 0.468. The van der Waals surface area contributed by atoms with Gasteiger partial charge in [0.1, 0.15) is 11.5 Å². The Kier molecular flexibility index (Phi) is 2.16. The van der Waals surface area contributed by atoms with Crippen LogP contribution in [-0.2, 0) is 0 Å². The molecular weight excluding hydrogens is 140 g/mol. The number of benzene rings is 1. The van der Waals surface area contributed by atoms with Crippen LogP contribution >= 0.6 is 0 Å². The molecule has 0 fully saturated rings. The van der Waals surface area contributed by atoms with Crippen LogP contribution in [0.25, 0.3) is 6.08 Å². The highest BCUT2D eigenvalue weighted by atomic mass is 16.3. The van der Waals surface area contributed by atoms with Crippen LogP contribution in [0.5, 0.6) is 11.5 Å². The van der Waals surface area contributed by atoms with E-state index in [0.29, 0.717) is 5.56 Å². The van der Waals surface area contributed by atoms with Crippen molar-refractivity contribution >= 4 is 6.08 Å². The molecule has 0 saturated heterocycles. The van der Waals surface area contributed by atoms with Gasteiger partial charge in [0.25, 0.3) is 0 Å². The zero-order valence-electron chi connectivity index (χ0n) is 6.28. The summed E-state index contributed by atoms with van der Waals surface area (Å²) in [5.74, 6) is 0.200. The second-order valence-corrected chi connectivity index (χ2v) is 2.21. The SMILES string of the molecule is C/C=C/c1c(O)cccc1O. The Morgan fingerprint density at radius 3 is 2.18 bits per heavy atom. The van der Waals surface area contributed by atoms with Crippen molar-refractivity contribution in [2.45, 2.75) is 6.92 Å². The lowest BCUT2D eigenvalue weighted by atomic mass is 10.1. The number of hydrogen-bond donors (Lipinski definition) is 2. The fourth-order valence-electron chi connectivity index (χ4n) is 0.879. The maximum atomic E-state index is 9.21. The van der Waals surface area contributed by atoms with Crippen molar-refractivity contribution in [3.05, 3.63) is 29.8 Å². The fourth-order valence-corrected chi connectivity index (χ4v) is 0.879. The van der Waals surface area contributed by atoms with Gasteiger partial charge in [0.2, 0.25) is 0 Å². The molecule has 2 nitrogen and oxygen atoms in total. The van der Waals surface area contributed by atoms with Crippen LogP contribution in [0.2, 0.25) is 0 Å². The van der Waals surface area contributed by atoms with Crippen molar-refractivity contribution in [1.82, 2.24) is 0 Å². The molecule has 0 heterocycles. The highest BCUT2D eigenvalue weighted by Gasteiger charge is 2.00. The number of allylic oxidation sites excluding steroid dienone is 1. The summed E-state index contributed by atoms with van der Waals surface area (Å²) in [7, 11) is 0. The van der Waals surface area contributed by atoms with Gasteiger partial charge in [-0.2, -0.15) is 0 Å². The quantitative estimate of drug-likeness (QED) is 0.643. The highest BCUT2D eigenvalue weighted by Crippen LogP contribution is 2.27. The smallest absolute Gasteiger partial charge is 0.126 e. The molecule has 0 bridgehead atoms. The van der Waals surface area contributed by atoms with Gasteiger partial charge < -0.3 is 10.2 Å². The van der Waals surface area contributed by atoms with E-state index in [9.17, 15) is 10.2 Å². The second kappa shape index (κ2) is 3.10. The average molecular weight is 150 g/mol. The minimum absolute atomic E-state index is 0.100. The third kappa shape index (κ3) is 1.52. The van der Waals surface area contributed by atoms with E-state index in [2.05, 4.69) is 0 Å². The van der Waals surface area contributed by atoms with Crippen LogP contribution in [0.1, 0.15) is 12.5 Å². The van der Waals surface area contributed by atoms with E-state index >= 15 is 0 Å². The Balaban J connectivity index is 3.20. The van der Waals surface area contributed by atoms with Crippen molar-refractivity contribution in [1.29, 1.82) is 0 Å². The summed E-state index contributed by atoms with van der Waals surface area (Å²) in [6.45, 7) is 1.83. The monoisotopic (exact) mass is 150 g/mol. The Hall–Kier alpha value is -1.44. The first kappa shape index (κ1) is 7.66. The molecular formula is C9H10O2. The van der Waals surface area contributed by atoms with Gasteiger partial charge in [-0.1, -0.05) is 18.2 Å². The molecule has 0 radical (unpaired) electrons. The summed E-state index contributed by atoms with van der Waals surface area (Å²) in [5, 5.41) is 18.4. The number of phenols is 2. The lowest BCUT2D eigenvalue weighted by molar-refractivity contribution is 0.448. The highest BCUT2D eigenvalue weighted by molar-refractivity contribution is 5.63. The summed E-state index contributed by atoms with van der Waals surface area (Å²) in [4.78, 5) is 0. The van der Waals surface area contributed by atoms with E-state index < -0.39 is 0 Å². The minimum atomic E-state index is 0.100. The number of phenolic OH excluding ortho intramolecular Hbond substituents is 2. The molecule has 0 unspecified atom stereocenters. The number of rotatable bonds is 1. The lowest BCUT2D eigenvalue weighted by Crippen LogP contribution is -1.74. The standard InChI is InChI=1S/C9H10O2/c1-2-4-7-8(10)5-3-6-9(7)11/h2-6,10-11H,1H3/b4-2+. The maximum Gasteiger partial charge on any atom is 0.126 e. The molecule has 1 aromatic rings.